The predicted molar refractivity (Wildman–Crippen MR) is 79.1 cm³/mol. The zero-order valence-corrected chi connectivity index (χ0v) is 11.9. The molecule has 0 spiro atoms. The highest BCUT2D eigenvalue weighted by Gasteiger charge is 2.16. The van der Waals surface area contributed by atoms with Crippen LogP contribution in [0.15, 0.2) is 40.9 Å². The summed E-state index contributed by atoms with van der Waals surface area (Å²) in [7, 11) is 0. The third kappa shape index (κ3) is 2.30. The summed E-state index contributed by atoms with van der Waals surface area (Å²) in [5, 5.41) is 2.80. The van der Waals surface area contributed by atoms with Crippen molar-refractivity contribution in [3.63, 3.8) is 0 Å². The molecule has 0 radical (unpaired) electrons. The molecule has 0 aromatic heterocycles. The van der Waals surface area contributed by atoms with Gasteiger partial charge in [-0.1, -0.05) is 6.07 Å². The highest BCUT2D eigenvalue weighted by Crippen LogP contribution is 2.34. The van der Waals surface area contributed by atoms with Crippen molar-refractivity contribution < 1.29 is 14.3 Å². The van der Waals surface area contributed by atoms with Gasteiger partial charge in [-0.3, -0.25) is 4.79 Å². The molecular formula is C14H11BrN2O3. The fraction of sp³-hybridized carbons (Fsp3) is 0.0714. The zero-order chi connectivity index (χ0) is 14.1. The number of carbonyl (C=O) groups is 1. The molecule has 1 aliphatic heterocycles. The molecule has 102 valence electrons. The molecule has 0 fully saturated rings. The molecule has 0 saturated carbocycles. The summed E-state index contributed by atoms with van der Waals surface area (Å²) in [6.07, 6.45) is 0. The van der Waals surface area contributed by atoms with Gasteiger partial charge in [-0.05, 0) is 40.2 Å². The van der Waals surface area contributed by atoms with Gasteiger partial charge in [0.25, 0.3) is 5.91 Å². The molecule has 2 aromatic rings. The van der Waals surface area contributed by atoms with Crippen LogP contribution in [0.5, 0.6) is 11.5 Å². The highest BCUT2D eigenvalue weighted by molar-refractivity contribution is 9.10. The Morgan fingerprint density at radius 2 is 2.00 bits per heavy atom. The molecule has 0 unspecified atom stereocenters. The first kappa shape index (κ1) is 12.8. The molecule has 0 atom stereocenters. The van der Waals surface area contributed by atoms with Crippen molar-refractivity contribution in [3.8, 4) is 11.5 Å². The van der Waals surface area contributed by atoms with Crippen LogP contribution in [0, 0.1) is 0 Å². The van der Waals surface area contributed by atoms with Gasteiger partial charge in [0.15, 0.2) is 11.5 Å². The first-order chi connectivity index (χ1) is 9.65. The van der Waals surface area contributed by atoms with E-state index in [1.807, 2.05) is 0 Å². The minimum absolute atomic E-state index is 0.202. The second-order valence-corrected chi connectivity index (χ2v) is 5.02. The first-order valence-corrected chi connectivity index (χ1v) is 6.69. The number of fused-ring (bicyclic) bond motifs is 1. The maximum Gasteiger partial charge on any atom is 0.256 e. The Morgan fingerprint density at radius 1 is 1.20 bits per heavy atom. The fourth-order valence-corrected chi connectivity index (χ4v) is 2.34. The topological polar surface area (TPSA) is 73.6 Å². The van der Waals surface area contributed by atoms with E-state index in [0.717, 1.165) is 0 Å². The van der Waals surface area contributed by atoms with E-state index in [-0.39, 0.29) is 12.7 Å². The Hall–Kier alpha value is -2.21. The lowest BCUT2D eigenvalue weighted by Gasteiger charge is -2.08. The molecule has 3 N–H and O–H groups in total. The fourth-order valence-electron chi connectivity index (χ4n) is 1.90. The summed E-state index contributed by atoms with van der Waals surface area (Å²) in [6, 6.07) is 10.4. The molecule has 3 rings (SSSR count). The molecule has 1 aliphatic rings. The van der Waals surface area contributed by atoms with Crippen LogP contribution in [0.2, 0.25) is 0 Å². The van der Waals surface area contributed by atoms with E-state index in [0.29, 0.717) is 32.9 Å². The van der Waals surface area contributed by atoms with Crippen LogP contribution in [-0.2, 0) is 0 Å². The lowest BCUT2D eigenvalue weighted by atomic mass is 10.2. The lowest BCUT2D eigenvalue weighted by Crippen LogP contribution is -2.13. The average Bonchev–Trinajstić information content (AvgIpc) is 2.89. The molecule has 1 amide bonds. The van der Waals surface area contributed by atoms with Gasteiger partial charge in [0.05, 0.1) is 10.0 Å². The number of halogens is 1. The molecule has 6 heteroatoms. The molecule has 0 aliphatic carbocycles. The van der Waals surface area contributed by atoms with Crippen molar-refractivity contribution in [2.24, 2.45) is 0 Å². The zero-order valence-electron chi connectivity index (χ0n) is 10.4. The summed E-state index contributed by atoms with van der Waals surface area (Å²) in [5.41, 5.74) is 7.39. The summed E-state index contributed by atoms with van der Waals surface area (Å²) in [6.45, 7) is 0.202. The van der Waals surface area contributed by atoms with Crippen molar-refractivity contribution in [1.82, 2.24) is 0 Å². The Morgan fingerprint density at radius 3 is 2.85 bits per heavy atom. The molecule has 0 saturated heterocycles. The number of nitrogens with one attached hydrogen (secondary N) is 1. The summed E-state index contributed by atoms with van der Waals surface area (Å²) >= 11 is 3.31. The Labute approximate surface area is 123 Å². The first-order valence-electron chi connectivity index (χ1n) is 5.90. The molecule has 2 aromatic carbocycles. The van der Waals surface area contributed by atoms with Crippen molar-refractivity contribution in [2.45, 2.75) is 0 Å². The average molecular weight is 335 g/mol. The summed E-state index contributed by atoms with van der Waals surface area (Å²) < 4.78 is 11.1. The van der Waals surface area contributed by atoms with Crippen molar-refractivity contribution in [1.29, 1.82) is 0 Å². The molecule has 20 heavy (non-hydrogen) atoms. The summed E-state index contributed by atoms with van der Waals surface area (Å²) in [4.78, 5) is 12.2. The molecular weight excluding hydrogens is 324 g/mol. The molecule has 1 heterocycles. The number of hydrogen-bond donors (Lipinski definition) is 2. The second-order valence-electron chi connectivity index (χ2n) is 4.23. The standard InChI is InChI=1S/C14H11BrN2O3/c15-13-9(2-1-3-10(13)16)14(18)17-8-4-5-11-12(6-8)20-7-19-11/h1-6H,7,16H2,(H,17,18). The van der Waals surface area contributed by atoms with Crippen molar-refractivity contribution >= 4 is 33.2 Å². The van der Waals surface area contributed by atoms with Crippen LogP contribution in [0.3, 0.4) is 0 Å². The maximum absolute atomic E-state index is 12.2. The van der Waals surface area contributed by atoms with E-state index < -0.39 is 0 Å². The number of amides is 1. The van der Waals surface area contributed by atoms with E-state index in [9.17, 15) is 4.79 Å². The number of hydrogen-bond acceptors (Lipinski definition) is 4. The van der Waals surface area contributed by atoms with E-state index in [1.165, 1.54) is 0 Å². The Kier molecular flexibility index (Phi) is 3.23. The van der Waals surface area contributed by atoms with Crippen LogP contribution in [0.1, 0.15) is 10.4 Å². The molecule has 0 bridgehead atoms. The van der Waals surface area contributed by atoms with Gasteiger partial charge < -0.3 is 20.5 Å². The van der Waals surface area contributed by atoms with Crippen LogP contribution in [0.4, 0.5) is 11.4 Å². The van der Waals surface area contributed by atoms with Crippen LogP contribution < -0.4 is 20.5 Å². The quantitative estimate of drug-likeness (QED) is 0.828. The van der Waals surface area contributed by atoms with E-state index in [1.54, 1.807) is 36.4 Å². The second kappa shape index (κ2) is 5.05. The minimum atomic E-state index is -0.247. The number of nitrogen functional groups attached to an aromatic ring is 1. The third-order valence-corrected chi connectivity index (χ3v) is 3.79. The normalized spacial score (nSPS) is 12.2. The Balaban J connectivity index is 1.84. The van der Waals surface area contributed by atoms with Gasteiger partial charge >= 0.3 is 0 Å². The van der Waals surface area contributed by atoms with Crippen LogP contribution in [-0.4, -0.2) is 12.7 Å². The monoisotopic (exact) mass is 334 g/mol. The number of nitrogens with two attached hydrogens (primary N) is 1. The third-order valence-electron chi connectivity index (χ3n) is 2.90. The summed E-state index contributed by atoms with van der Waals surface area (Å²) in [5.74, 6) is 1.05. The van der Waals surface area contributed by atoms with Gasteiger partial charge in [0.1, 0.15) is 0 Å². The van der Waals surface area contributed by atoms with E-state index in [2.05, 4.69) is 21.2 Å². The highest BCUT2D eigenvalue weighted by atomic mass is 79.9. The van der Waals surface area contributed by atoms with Gasteiger partial charge in [-0.2, -0.15) is 0 Å². The minimum Gasteiger partial charge on any atom is -0.454 e. The van der Waals surface area contributed by atoms with E-state index in [4.69, 9.17) is 15.2 Å². The number of anilines is 2. The smallest absolute Gasteiger partial charge is 0.256 e. The van der Waals surface area contributed by atoms with E-state index >= 15 is 0 Å². The lowest BCUT2D eigenvalue weighted by molar-refractivity contribution is 0.102. The Bertz CT molecular complexity index is 688. The van der Waals surface area contributed by atoms with Gasteiger partial charge in [-0.15, -0.1) is 0 Å². The maximum atomic E-state index is 12.2. The SMILES string of the molecule is Nc1cccc(C(=O)Nc2ccc3c(c2)OCO3)c1Br. The van der Waals surface area contributed by atoms with Crippen molar-refractivity contribution in [3.05, 3.63) is 46.4 Å². The largest absolute Gasteiger partial charge is 0.454 e. The van der Waals surface area contributed by atoms with Crippen LogP contribution >= 0.6 is 15.9 Å². The number of benzene rings is 2. The van der Waals surface area contributed by atoms with Gasteiger partial charge in [-0.25, -0.2) is 0 Å². The van der Waals surface area contributed by atoms with Gasteiger partial charge in [0.2, 0.25) is 6.79 Å². The number of carbonyl (C=O) groups excluding carboxylic acids is 1. The number of rotatable bonds is 2. The van der Waals surface area contributed by atoms with Gasteiger partial charge in [0, 0.05) is 17.4 Å². The number of ether oxygens (including phenoxy) is 2. The van der Waals surface area contributed by atoms with Crippen molar-refractivity contribution in [2.75, 3.05) is 17.8 Å². The van der Waals surface area contributed by atoms with Crippen LogP contribution in [0.25, 0.3) is 0 Å². The molecule has 5 nitrogen and oxygen atoms in total. The predicted octanol–water partition coefficient (Wildman–Crippen LogP) is 3.01.